The summed E-state index contributed by atoms with van der Waals surface area (Å²) in [5.74, 6) is 2.38. The molecule has 44 heavy (non-hydrogen) atoms. The van der Waals surface area contributed by atoms with Gasteiger partial charge >= 0.3 is 0 Å². The van der Waals surface area contributed by atoms with Gasteiger partial charge in [-0.15, -0.1) is 0 Å². The van der Waals surface area contributed by atoms with Crippen LogP contribution in [0.2, 0.25) is 0 Å². The minimum absolute atomic E-state index is 0.114. The summed E-state index contributed by atoms with van der Waals surface area (Å²) in [7, 11) is 0. The Labute approximate surface area is 260 Å². The number of benzene rings is 2. The third-order valence-corrected chi connectivity index (χ3v) is 14.8. The third-order valence-electron chi connectivity index (χ3n) is 14.8. The summed E-state index contributed by atoms with van der Waals surface area (Å²) < 4.78 is 6.68. The van der Waals surface area contributed by atoms with E-state index in [0.717, 1.165) is 26.1 Å². The van der Waals surface area contributed by atoms with Crippen LogP contribution in [0.4, 0.5) is 11.4 Å². The van der Waals surface area contributed by atoms with Crippen molar-refractivity contribution in [2.45, 2.75) is 79.8 Å². The molecule has 4 saturated heterocycles. The summed E-state index contributed by atoms with van der Waals surface area (Å²) in [6.45, 7) is 5.74. The van der Waals surface area contributed by atoms with Crippen LogP contribution in [0.5, 0.6) is 0 Å². The lowest BCUT2D eigenvalue weighted by Crippen LogP contribution is -2.69. The molecule has 3 N–H and O–H groups in total. The Morgan fingerprint density at radius 1 is 0.909 bits per heavy atom. The van der Waals surface area contributed by atoms with Gasteiger partial charge < -0.3 is 25.4 Å². The van der Waals surface area contributed by atoms with E-state index in [9.17, 15) is 5.11 Å². The van der Waals surface area contributed by atoms with Gasteiger partial charge in [-0.1, -0.05) is 48.6 Å². The number of hydrogen-bond acceptors (Lipinski definition) is 6. The molecule has 0 amide bonds. The number of anilines is 2. The molecule has 2 aromatic rings. The van der Waals surface area contributed by atoms with E-state index in [4.69, 9.17) is 4.74 Å². The molecule has 11 rings (SSSR count). The van der Waals surface area contributed by atoms with Crippen molar-refractivity contribution in [1.29, 1.82) is 0 Å². The van der Waals surface area contributed by atoms with Gasteiger partial charge in [-0.2, -0.15) is 0 Å². The Morgan fingerprint density at radius 2 is 1.64 bits per heavy atom. The molecule has 0 radical (unpaired) electrons. The zero-order valence-electron chi connectivity index (χ0n) is 25.6. The van der Waals surface area contributed by atoms with E-state index in [1.165, 1.54) is 41.8 Å². The Morgan fingerprint density at radius 3 is 2.43 bits per heavy atom. The monoisotopic (exact) mass is 588 g/mol. The molecule has 2 saturated carbocycles. The molecule has 2 aromatic carbocycles. The highest BCUT2D eigenvalue weighted by molar-refractivity contribution is 5.66. The van der Waals surface area contributed by atoms with Crippen molar-refractivity contribution in [2.75, 3.05) is 36.9 Å². The van der Waals surface area contributed by atoms with Crippen LogP contribution in [-0.4, -0.2) is 77.5 Å². The van der Waals surface area contributed by atoms with Crippen molar-refractivity contribution >= 4 is 11.4 Å². The second-order valence-corrected chi connectivity index (χ2v) is 15.8. The summed E-state index contributed by atoms with van der Waals surface area (Å²) in [4.78, 5) is 5.58. The SMILES string of the molecule is C[C@H]1OC[C@@H]2[C@@H]3C[C@@H]4N(CC[C@@]45c4ccccc4N[C@@H]25)[C@@H](/C=C/C2=CN4CC[C@]56c7ccccc7N[C@H]5[C@H](CO)[C@H]2C[C@H]46)[C@H]31. The van der Waals surface area contributed by atoms with Gasteiger partial charge in [0, 0.05) is 96.1 Å². The molecule has 2 spiro atoms. The normalized spacial score (nSPS) is 48.3. The first-order valence-electron chi connectivity index (χ1n) is 17.5. The van der Waals surface area contributed by atoms with Crippen molar-refractivity contribution in [3.63, 3.8) is 0 Å². The first-order chi connectivity index (χ1) is 21.6. The zero-order valence-corrected chi connectivity index (χ0v) is 25.6. The largest absolute Gasteiger partial charge is 0.396 e. The van der Waals surface area contributed by atoms with E-state index < -0.39 is 0 Å². The molecular formula is C38H44N4O2. The lowest BCUT2D eigenvalue weighted by Gasteiger charge is -2.62. The molecule has 4 bridgehead atoms. The van der Waals surface area contributed by atoms with Gasteiger partial charge in [0.05, 0.1) is 12.7 Å². The number of nitrogens with one attached hydrogen (secondary N) is 2. The molecule has 7 heterocycles. The van der Waals surface area contributed by atoms with Crippen LogP contribution in [0.3, 0.4) is 0 Å². The molecule has 0 unspecified atom stereocenters. The molecule has 228 valence electrons. The third kappa shape index (κ3) is 2.79. The molecule has 6 heteroatoms. The maximum absolute atomic E-state index is 11.0. The minimum Gasteiger partial charge on any atom is -0.396 e. The van der Waals surface area contributed by atoms with Crippen molar-refractivity contribution in [2.24, 2.45) is 29.6 Å². The Balaban J connectivity index is 0.980. The standard InChI is InChI=1S/C38H44N4O2/c1-21-34-24-17-33-38(28-7-3-5-9-30(28)40-36(38)26(24)20-44-21)13-15-42(33)31(34)11-10-22-18-41-14-12-37-27-6-2-4-8-29(27)39-35(37)25(19-43)23(22)16-32(37)41/h2-11,18,21,23-26,31-36,39-40,43H,12-17,19-20H2,1H3/b11-10+/t21-,23+,24+,25-,26-,31+,32+,33+,34+,35+,36+,37-,38-/m1/s1. The van der Waals surface area contributed by atoms with E-state index in [1.54, 1.807) is 5.56 Å². The maximum Gasteiger partial charge on any atom is 0.0596 e. The van der Waals surface area contributed by atoms with E-state index in [2.05, 4.69) is 94.2 Å². The van der Waals surface area contributed by atoms with Crippen LogP contribution < -0.4 is 10.6 Å². The topological polar surface area (TPSA) is 60.0 Å². The summed E-state index contributed by atoms with van der Waals surface area (Å²) >= 11 is 0. The summed E-state index contributed by atoms with van der Waals surface area (Å²) in [6.07, 6.45) is 12.8. The summed E-state index contributed by atoms with van der Waals surface area (Å²) in [5.41, 5.74) is 7.46. The first-order valence-corrected chi connectivity index (χ1v) is 17.5. The lowest BCUT2D eigenvalue weighted by molar-refractivity contribution is -0.162. The van der Waals surface area contributed by atoms with Gasteiger partial charge in [0.15, 0.2) is 0 Å². The number of hydrogen-bond donors (Lipinski definition) is 3. The number of fused-ring (bicyclic) bond motifs is 4. The van der Waals surface area contributed by atoms with Gasteiger partial charge in [-0.3, -0.25) is 4.90 Å². The molecule has 7 aliphatic heterocycles. The van der Waals surface area contributed by atoms with Crippen molar-refractivity contribution < 1.29 is 9.84 Å². The van der Waals surface area contributed by atoms with Gasteiger partial charge in [0.1, 0.15) is 0 Å². The smallest absolute Gasteiger partial charge is 0.0596 e. The molecule has 6 nitrogen and oxygen atoms in total. The van der Waals surface area contributed by atoms with Crippen molar-refractivity contribution in [3.05, 3.63) is 83.6 Å². The number of nitrogens with zero attached hydrogens (tertiary/aromatic N) is 2. The van der Waals surface area contributed by atoms with Crippen molar-refractivity contribution in [3.8, 4) is 0 Å². The van der Waals surface area contributed by atoms with E-state index in [0.29, 0.717) is 53.9 Å². The number of ether oxygens (including phenoxy) is 1. The van der Waals surface area contributed by atoms with Crippen LogP contribution in [0.15, 0.2) is 72.5 Å². The van der Waals surface area contributed by atoms with Crippen molar-refractivity contribution in [1.82, 2.24) is 9.80 Å². The van der Waals surface area contributed by atoms with Gasteiger partial charge in [-0.25, -0.2) is 0 Å². The second kappa shape index (κ2) is 8.51. The number of rotatable bonds is 3. The number of para-hydroxylation sites is 2. The fourth-order valence-electron chi connectivity index (χ4n) is 13.3. The highest BCUT2D eigenvalue weighted by atomic mass is 16.5. The van der Waals surface area contributed by atoms with Crippen LogP contribution in [0.25, 0.3) is 0 Å². The van der Waals surface area contributed by atoms with E-state index >= 15 is 0 Å². The minimum atomic E-state index is 0.114. The fraction of sp³-hybridized carbons (Fsp3) is 0.579. The molecule has 2 aliphatic carbocycles. The van der Waals surface area contributed by atoms with Gasteiger partial charge in [0.25, 0.3) is 0 Å². The molecule has 13 atom stereocenters. The molecule has 9 aliphatic rings. The number of allylic oxidation sites excluding steroid dienone is 2. The summed E-state index contributed by atoms with van der Waals surface area (Å²) in [6, 6.07) is 20.4. The molecular weight excluding hydrogens is 544 g/mol. The van der Waals surface area contributed by atoms with Gasteiger partial charge in [0.2, 0.25) is 0 Å². The highest BCUT2D eigenvalue weighted by Gasteiger charge is 2.69. The van der Waals surface area contributed by atoms with Crippen LogP contribution in [-0.2, 0) is 15.6 Å². The number of aliphatic hydroxyl groups is 1. The van der Waals surface area contributed by atoms with Crippen LogP contribution in [0.1, 0.15) is 43.7 Å². The highest BCUT2D eigenvalue weighted by Crippen LogP contribution is 2.65. The Hall–Kier alpha value is -2.80. The number of aliphatic hydroxyl groups excluding tert-OH is 1. The quantitative estimate of drug-likeness (QED) is 0.482. The predicted molar refractivity (Wildman–Crippen MR) is 171 cm³/mol. The predicted octanol–water partition coefficient (Wildman–Crippen LogP) is 4.73. The van der Waals surface area contributed by atoms with Crippen LogP contribution >= 0.6 is 0 Å². The fourth-order valence-corrected chi connectivity index (χ4v) is 13.3. The number of piperidine rings is 1. The lowest BCUT2D eigenvalue weighted by atomic mass is 9.52. The average molecular weight is 589 g/mol. The second-order valence-electron chi connectivity index (χ2n) is 15.8. The molecule has 6 fully saturated rings. The zero-order chi connectivity index (χ0) is 28.9. The Bertz CT molecular complexity index is 1620. The van der Waals surface area contributed by atoms with Gasteiger partial charge in [-0.05, 0) is 73.3 Å². The van der Waals surface area contributed by atoms with Crippen LogP contribution in [0, 0.1) is 29.6 Å². The maximum atomic E-state index is 11.0. The average Bonchev–Trinajstić information content (AvgIpc) is 3.81. The molecule has 0 aromatic heterocycles. The first kappa shape index (κ1) is 25.4. The summed E-state index contributed by atoms with van der Waals surface area (Å²) in [5, 5.41) is 19.0. The van der Waals surface area contributed by atoms with E-state index in [-0.39, 0.29) is 29.5 Å². The van der Waals surface area contributed by atoms with E-state index in [1.807, 2.05) is 0 Å². The Kier molecular flexibility index (Phi) is 4.91.